The maximum absolute atomic E-state index is 12.2. The monoisotopic (exact) mass is 277 g/mol. The summed E-state index contributed by atoms with van der Waals surface area (Å²) in [4.78, 5) is 45.9. The molecule has 1 aliphatic rings. The highest BCUT2D eigenvalue weighted by Gasteiger charge is 2.27. The molecule has 20 heavy (non-hydrogen) atoms. The van der Waals surface area contributed by atoms with Crippen LogP contribution < -0.4 is 5.32 Å². The van der Waals surface area contributed by atoms with E-state index in [9.17, 15) is 24.5 Å². The fraction of sp³-hybridized carbons (Fsp3) is 0.250. The number of aryl methyl sites for hydroxylation is 1. The number of hydrogen-bond acceptors (Lipinski definition) is 5. The summed E-state index contributed by atoms with van der Waals surface area (Å²) < 4.78 is 0. The van der Waals surface area contributed by atoms with Gasteiger partial charge in [0, 0.05) is 17.7 Å². The Morgan fingerprint density at radius 2 is 1.85 bits per heavy atom. The molecule has 1 heterocycles. The highest BCUT2D eigenvalue weighted by Crippen LogP contribution is 2.18. The molecule has 0 atom stereocenters. The minimum atomic E-state index is -0.599. The lowest BCUT2D eigenvalue weighted by molar-refractivity contribution is -0.384. The minimum Gasteiger partial charge on any atom is -0.320 e. The van der Waals surface area contributed by atoms with Gasteiger partial charge in [0.05, 0.1) is 4.92 Å². The van der Waals surface area contributed by atoms with Crippen molar-refractivity contribution in [3.8, 4) is 0 Å². The number of nitrogens with zero attached hydrogens (tertiary/aromatic N) is 2. The molecule has 1 aromatic carbocycles. The van der Waals surface area contributed by atoms with Gasteiger partial charge in [-0.1, -0.05) is 0 Å². The lowest BCUT2D eigenvalue weighted by Gasteiger charge is -2.25. The van der Waals surface area contributed by atoms with Gasteiger partial charge in [-0.15, -0.1) is 0 Å². The minimum absolute atomic E-state index is 0.0826. The van der Waals surface area contributed by atoms with Gasteiger partial charge >= 0.3 is 0 Å². The third-order valence-corrected chi connectivity index (χ3v) is 2.75. The van der Waals surface area contributed by atoms with Gasteiger partial charge in [-0.3, -0.25) is 29.8 Å². The van der Waals surface area contributed by atoms with Gasteiger partial charge in [0.25, 0.3) is 11.6 Å². The summed E-state index contributed by atoms with van der Waals surface area (Å²) in [6, 6.07) is 3.95. The average Bonchev–Trinajstić information content (AvgIpc) is 2.35. The molecule has 0 spiro atoms. The highest BCUT2D eigenvalue weighted by atomic mass is 16.6. The third kappa shape index (κ3) is 2.79. The highest BCUT2D eigenvalue weighted by molar-refractivity contribution is 6.05. The quantitative estimate of drug-likeness (QED) is 0.465. The maximum atomic E-state index is 12.2. The van der Waals surface area contributed by atoms with Crippen LogP contribution in [0.4, 0.5) is 5.69 Å². The molecule has 0 saturated carbocycles. The predicted octanol–water partition coefficient (Wildman–Crippen LogP) is 0.00182. The summed E-state index contributed by atoms with van der Waals surface area (Å²) in [6.07, 6.45) is 0. The number of carbonyl (C=O) groups is 3. The van der Waals surface area contributed by atoms with E-state index in [1.165, 1.54) is 12.1 Å². The first-order chi connectivity index (χ1) is 9.36. The van der Waals surface area contributed by atoms with E-state index in [1.54, 1.807) is 6.92 Å². The van der Waals surface area contributed by atoms with Crippen LogP contribution in [0.2, 0.25) is 0 Å². The zero-order valence-electron chi connectivity index (χ0n) is 10.6. The number of non-ortho nitro benzene ring substituents is 1. The zero-order valence-corrected chi connectivity index (χ0v) is 10.6. The summed E-state index contributed by atoms with van der Waals surface area (Å²) in [6.45, 7) is 1.14. The van der Waals surface area contributed by atoms with Crippen molar-refractivity contribution in [2.24, 2.45) is 0 Å². The average molecular weight is 277 g/mol. The number of hydrogen-bond donors (Lipinski definition) is 1. The first-order valence-corrected chi connectivity index (χ1v) is 5.75. The Bertz CT molecular complexity index is 610. The molecule has 1 N–H and O–H groups in total. The van der Waals surface area contributed by atoms with Gasteiger partial charge in [-0.2, -0.15) is 0 Å². The normalized spacial score (nSPS) is 14.9. The van der Waals surface area contributed by atoms with Gasteiger partial charge in [0.1, 0.15) is 13.1 Å². The smallest absolute Gasteiger partial charge is 0.270 e. The number of amides is 3. The lowest BCUT2D eigenvalue weighted by atomic mass is 10.1. The summed E-state index contributed by atoms with van der Waals surface area (Å²) in [5.74, 6) is -1.73. The number of piperazine rings is 1. The summed E-state index contributed by atoms with van der Waals surface area (Å²) in [5.41, 5.74) is 0.427. The maximum Gasteiger partial charge on any atom is 0.270 e. The fourth-order valence-electron chi connectivity index (χ4n) is 1.96. The summed E-state index contributed by atoms with van der Waals surface area (Å²) in [7, 11) is 0. The Morgan fingerprint density at radius 1 is 1.25 bits per heavy atom. The van der Waals surface area contributed by atoms with Gasteiger partial charge in [-0.25, -0.2) is 0 Å². The molecule has 0 unspecified atom stereocenters. The van der Waals surface area contributed by atoms with Crippen LogP contribution >= 0.6 is 0 Å². The molecule has 3 amide bonds. The van der Waals surface area contributed by atoms with Crippen molar-refractivity contribution in [3.05, 3.63) is 39.4 Å². The van der Waals surface area contributed by atoms with Crippen LogP contribution in [-0.4, -0.2) is 40.6 Å². The van der Waals surface area contributed by atoms with Crippen LogP contribution in [0.15, 0.2) is 18.2 Å². The fourth-order valence-corrected chi connectivity index (χ4v) is 1.96. The standard InChI is InChI=1S/C12H11N3O5/c1-7-2-8(4-9(3-7)15(19)20)12(18)14-5-10(16)13-11(17)6-14/h2-4H,5-6H2,1H3,(H,13,16,17). The Labute approximate surface area is 113 Å². The van der Waals surface area contributed by atoms with E-state index in [-0.39, 0.29) is 24.3 Å². The van der Waals surface area contributed by atoms with Crippen molar-refractivity contribution >= 4 is 23.4 Å². The molecule has 104 valence electrons. The molecule has 1 aromatic rings. The summed E-state index contributed by atoms with van der Waals surface area (Å²) >= 11 is 0. The van der Waals surface area contributed by atoms with E-state index >= 15 is 0 Å². The van der Waals surface area contributed by atoms with Crippen molar-refractivity contribution in [1.29, 1.82) is 0 Å². The molecular weight excluding hydrogens is 266 g/mol. The van der Waals surface area contributed by atoms with Crippen LogP contribution in [0, 0.1) is 17.0 Å². The number of nitro benzene ring substituents is 1. The van der Waals surface area contributed by atoms with E-state index in [0.29, 0.717) is 5.56 Å². The van der Waals surface area contributed by atoms with Gasteiger partial charge < -0.3 is 4.90 Å². The molecular formula is C12H11N3O5. The second-order valence-electron chi connectivity index (χ2n) is 4.45. The van der Waals surface area contributed by atoms with E-state index in [2.05, 4.69) is 5.32 Å². The molecule has 0 bridgehead atoms. The number of nitrogens with one attached hydrogen (secondary N) is 1. The topological polar surface area (TPSA) is 110 Å². The van der Waals surface area contributed by atoms with E-state index in [0.717, 1.165) is 11.0 Å². The predicted molar refractivity (Wildman–Crippen MR) is 66.9 cm³/mol. The van der Waals surface area contributed by atoms with E-state index in [1.807, 2.05) is 0 Å². The van der Waals surface area contributed by atoms with Crippen LogP contribution in [0.1, 0.15) is 15.9 Å². The lowest BCUT2D eigenvalue weighted by Crippen LogP contribution is -2.53. The summed E-state index contributed by atoms with van der Waals surface area (Å²) in [5, 5.41) is 12.8. The molecule has 2 rings (SSSR count). The molecule has 1 saturated heterocycles. The molecule has 0 aromatic heterocycles. The molecule has 0 aliphatic carbocycles. The Balaban J connectivity index is 2.31. The molecule has 8 heteroatoms. The second kappa shape index (κ2) is 5.08. The zero-order chi connectivity index (χ0) is 14.9. The second-order valence-corrected chi connectivity index (χ2v) is 4.45. The van der Waals surface area contributed by atoms with Crippen LogP contribution in [0.3, 0.4) is 0 Å². The van der Waals surface area contributed by atoms with Crippen molar-refractivity contribution in [2.75, 3.05) is 13.1 Å². The SMILES string of the molecule is Cc1cc(C(=O)N2CC(=O)NC(=O)C2)cc([N+](=O)[O-])c1. The van der Waals surface area contributed by atoms with Gasteiger partial charge in [0.15, 0.2) is 0 Å². The molecule has 1 aliphatic heterocycles. The van der Waals surface area contributed by atoms with Crippen molar-refractivity contribution in [3.63, 3.8) is 0 Å². The van der Waals surface area contributed by atoms with E-state index < -0.39 is 22.6 Å². The number of rotatable bonds is 2. The number of nitro groups is 1. The van der Waals surface area contributed by atoms with Crippen molar-refractivity contribution < 1.29 is 19.3 Å². The number of benzene rings is 1. The van der Waals surface area contributed by atoms with Crippen molar-refractivity contribution in [1.82, 2.24) is 10.2 Å². The van der Waals surface area contributed by atoms with Gasteiger partial charge in [-0.05, 0) is 18.6 Å². The Hall–Kier alpha value is -2.77. The van der Waals surface area contributed by atoms with Crippen LogP contribution in [-0.2, 0) is 9.59 Å². The Kier molecular flexibility index (Phi) is 3.47. The molecule has 1 fully saturated rings. The van der Waals surface area contributed by atoms with E-state index in [4.69, 9.17) is 0 Å². The first-order valence-electron chi connectivity index (χ1n) is 5.75. The largest absolute Gasteiger partial charge is 0.320 e. The molecule has 0 radical (unpaired) electrons. The van der Waals surface area contributed by atoms with Crippen molar-refractivity contribution in [2.45, 2.75) is 6.92 Å². The number of carbonyl (C=O) groups excluding carboxylic acids is 3. The Morgan fingerprint density at radius 3 is 2.40 bits per heavy atom. The van der Waals surface area contributed by atoms with Crippen LogP contribution in [0.25, 0.3) is 0 Å². The number of imide groups is 1. The molecule has 8 nitrogen and oxygen atoms in total. The van der Waals surface area contributed by atoms with Crippen LogP contribution in [0.5, 0.6) is 0 Å². The third-order valence-electron chi connectivity index (χ3n) is 2.75. The van der Waals surface area contributed by atoms with Gasteiger partial charge in [0.2, 0.25) is 11.8 Å². The first kappa shape index (κ1) is 13.7.